The minimum atomic E-state index is -1.15. The molecule has 0 spiro atoms. The first-order valence-corrected chi connectivity index (χ1v) is 11.0. The molecule has 3 rings (SSSR count). The summed E-state index contributed by atoms with van der Waals surface area (Å²) in [5, 5.41) is 10.4. The Balaban J connectivity index is 1.72. The van der Waals surface area contributed by atoms with Gasteiger partial charge in [0.1, 0.15) is 12.4 Å². The monoisotopic (exact) mass is 508 g/mol. The number of thioether (sulfide) groups is 1. The van der Waals surface area contributed by atoms with E-state index in [1.165, 1.54) is 24.3 Å². The third-order valence-electron chi connectivity index (χ3n) is 4.30. The molecule has 0 aromatic heterocycles. The maximum Gasteiger partial charge on any atom is 0.341 e. The summed E-state index contributed by atoms with van der Waals surface area (Å²) in [4.78, 5) is 48.9. The summed E-state index contributed by atoms with van der Waals surface area (Å²) in [5.74, 6) is -2.63. The molecule has 0 aliphatic carbocycles. The Morgan fingerprint density at radius 1 is 1.18 bits per heavy atom. The highest BCUT2D eigenvalue weighted by molar-refractivity contribution is 8.18. The highest BCUT2D eigenvalue weighted by atomic mass is 35.5. The number of halogens is 2. The number of imide groups is 1. The second-order valence-corrected chi connectivity index (χ2v) is 8.17. The van der Waals surface area contributed by atoms with Crippen molar-refractivity contribution in [2.45, 2.75) is 6.92 Å². The van der Waals surface area contributed by atoms with Gasteiger partial charge in [-0.05, 0) is 60.7 Å². The van der Waals surface area contributed by atoms with Gasteiger partial charge in [0, 0.05) is 5.69 Å². The topological polar surface area (TPSA) is 122 Å². The Kier molecular flexibility index (Phi) is 8.13. The summed E-state index contributed by atoms with van der Waals surface area (Å²) in [6.07, 6.45) is 1.45. The third-order valence-corrected chi connectivity index (χ3v) is 5.49. The highest BCUT2D eigenvalue weighted by Crippen LogP contribution is 2.34. The molecule has 9 nitrogen and oxygen atoms in total. The largest absolute Gasteiger partial charge is 0.490 e. The van der Waals surface area contributed by atoms with Crippen LogP contribution in [0.4, 0.5) is 14.9 Å². The van der Waals surface area contributed by atoms with Crippen molar-refractivity contribution in [1.29, 1.82) is 0 Å². The number of carbonyl (C=O) groups is 4. The van der Waals surface area contributed by atoms with Gasteiger partial charge in [-0.2, -0.15) is 0 Å². The molecule has 1 aliphatic heterocycles. The van der Waals surface area contributed by atoms with E-state index in [9.17, 15) is 23.6 Å². The summed E-state index contributed by atoms with van der Waals surface area (Å²) >= 11 is 6.35. The van der Waals surface area contributed by atoms with Crippen LogP contribution in [0.15, 0.2) is 41.3 Å². The lowest BCUT2D eigenvalue weighted by molar-refractivity contribution is -0.139. The van der Waals surface area contributed by atoms with Crippen LogP contribution < -0.4 is 14.8 Å². The molecule has 0 saturated carbocycles. The number of benzene rings is 2. The van der Waals surface area contributed by atoms with Gasteiger partial charge in [-0.1, -0.05) is 17.7 Å². The molecule has 12 heteroatoms. The molecule has 1 aliphatic rings. The van der Waals surface area contributed by atoms with Gasteiger partial charge in [-0.3, -0.25) is 19.3 Å². The van der Waals surface area contributed by atoms with E-state index >= 15 is 0 Å². The molecule has 1 fully saturated rings. The summed E-state index contributed by atoms with van der Waals surface area (Å²) in [5.41, 5.74) is 0.717. The number of nitrogens with one attached hydrogen (secondary N) is 1. The van der Waals surface area contributed by atoms with Crippen LogP contribution >= 0.6 is 23.4 Å². The molecule has 2 aromatic rings. The van der Waals surface area contributed by atoms with E-state index in [2.05, 4.69) is 5.32 Å². The summed E-state index contributed by atoms with van der Waals surface area (Å²) in [7, 11) is 0. The van der Waals surface area contributed by atoms with Crippen LogP contribution in [0.25, 0.3) is 6.08 Å². The normalized spacial score (nSPS) is 14.4. The number of ether oxygens (including phenoxy) is 2. The Hall–Kier alpha value is -3.57. The van der Waals surface area contributed by atoms with Crippen LogP contribution in [0, 0.1) is 5.82 Å². The van der Waals surface area contributed by atoms with Gasteiger partial charge in [-0.15, -0.1) is 0 Å². The number of carboxylic acids is 1. The van der Waals surface area contributed by atoms with Crippen LogP contribution in [0.3, 0.4) is 0 Å². The molecule has 2 N–H and O–H groups in total. The van der Waals surface area contributed by atoms with Crippen LogP contribution in [0.1, 0.15) is 12.5 Å². The Labute approximate surface area is 202 Å². The number of hydrogen-bond donors (Lipinski definition) is 2. The van der Waals surface area contributed by atoms with E-state index in [4.69, 9.17) is 26.2 Å². The van der Waals surface area contributed by atoms with Crippen LogP contribution in [0.5, 0.6) is 11.5 Å². The van der Waals surface area contributed by atoms with E-state index in [1.807, 2.05) is 0 Å². The van der Waals surface area contributed by atoms with Crippen molar-refractivity contribution in [3.63, 3.8) is 0 Å². The average molecular weight is 509 g/mol. The standard InChI is InChI=1S/C22H18ClFN2O7S/c1-2-32-17-7-12(3-6-16(17)33-11-20(28)29)8-18-21(30)26(22(31)34-18)10-19(27)25-13-4-5-15(24)14(23)9-13/h3-9H,2,10-11H2,1H3,(H,25,27)(H,28,29)/b18-8+. The lowest BCUT2D eigenvalue weighted by Crippen LogP contribution is -2.36. The molecular formula is C22H18ClFN2O7S. The molecule has 3 amide bonds. The predicted octanol–water partition coefficient (Wildman–Crippen LogP) is 4.02. The fourth-order valence-corrected chi connectivity index (χ4v) is 3.87. The lowest BCUT2D eigenvalue weighted by Gasteiger charge is -2.13. The van der Waals surface area contributed by atoms with Crippen molar-refractivity contribution in [1.82, 2.24) is 4.90 Å². The molecule has 34 heavy (non-hydrogen) atoms. The zero-order chi connectivity index (χ0) is 24.8. The number of carbonyl (C=O) groups excluding carboxylic acids is 3. The van der Waals surface area contributed by atoms with E-state index in [-0.39, 0.29) is 33.7 Å². The number of anilines is 1. The minimum absolute atomic E-state index is 0.0873. The van der Waals surface area contributed by atoms with Gasteiger partial charge >= 0.3 is 5.97 Å². The van der Waals surface area contributed by atoms with Gasteiger partial charge in [-0.25, -0.2) is 9.18 Å². The summed E-state index contributed by atoms with van der Waals surface area (Å²) in [6, 6.07) is 8.19. The van der Waals surface area contributed by atoms with Crippen LogP contribution in [0.2, 0.25) is 5.02 Å². The Morgan fingerprint density at radius 2 is 1.94 bits per heavy atom. The van der Waals surface area contributed by atoms with Gasteiger partial charge < -0.3 is 19.9 Å². The first-order chi connectivity index (χ1) is 16.2. The molecular weight excluding hydrogens is 491 g/mol. The number of rotatable bonds is 9. The van der Waals surface area contributed by atoms with Crippen molar-refractivity contribution >= 4 is 58.1 Å². The fraction of sp³-hybridized carbons (Fsp3) is 0.182. The van der Waals surface area contributed by atoms with E-state index in [1.54, 1.807) is 19.1 Å². The molecule has 0 unspecified atom stereocenters. The van der Waals surface area contributed by atoms with Crippen molar-refractivity contribution in [3.8, 4) is 11.5 Å². The number of nitrogens with zero attached hydrogens (tertiary/aromatic N) is 1. The molecule has 2 aromatic carbocycles. The molecule has 1 heterocycles. The zero-order valence-corrected chi connectivity index (χ0v) is 19.2. The molecule has 0 radical (unpaired) electrons. The lowest BCUT2D eigenvalue weighted by atomic mass is 10.2. The second-order valence-electron chi connectivity index (χ2n) is 6.77. The quantitative estimate of drug-likeness (QED) is 0.487. The molecule has 0 atom stereocenters. The number of amides is 3. The first kappa shape index (κ1) is 25.1. The van der Waals surface area contributed by atoms with Crippen LogP contribution in [-0.2, 0) is 14.4 Å². The minimum Gasteiger partial charge on any atom is -0.490 e. The van der Waals surface area contributed by atoms with E-state index in [0.717, 1.165) is 11.0 Å². The van der Waals surface area contributed by atoms with Crippen molar-refractivity contribution in [3.05, 3.63) is 57.7 Å². The van der Waals surface area contributed by atoms with E-state index in [0.29, 0.717) is 17.3 Å². The first-order valence-electron chi connectivity index (χ1n) is 9.79. The third kappa shape index (κ3) is 6.27. The molecule has 178 valence electrons. The molecule has 1 saturated heterocycles. The number of hydrogen-bond acceptors (Lipinski definition) is 7. The Morgan fingerprint density at radius 3 is 2.62 bits per heavy atom. The highest BCUT2D eigenvalue weighted by Gasteiger charge is 2.36. The average Bonchev–Trinajstić information content (AvgIpc) is 3.03. The zero-order valence-electron chi connectivity index (χ0n) is 17.7. The SMILES string of the molecule is CCOc1cc(/C=C2/SC(=O)N(CC(=O)Nc3ccc(F)c(Cl)c3)C2=O)ccc1OCC(=O)O. The number of aliphatic carboxylic acids is 1. The smallest absolute Gasteiger partial charge is 0.341 e. The van der Waals surface area contributed by atoms with Crippen molar-refractivity contribution < 1.29 is 38.1 Å². The maximum absolute atomic E-state index is 13.3. The fourth-order valence-electron chi connectivity index (χ4n) is 2.85. The van der Waals surface area contributed by atoms with Gasteiger partial charge in [0.25, 0.3) is 11.1 Å². The molecule has 0 bridgehead atoms. The summed E-state index contributed by atoms with van der Waals surface area (Å²) in [6.45, 7) is 0.940. The van der Waals surface area contributed by atoms with E-state index < -0.39 is 42.0 Å². The van der Waals surface area contributed by atoms with Crippen molar-refractivity contribution in [2.24, 2.45) is 0 Å². The maximum atomic E-state index is 13.3. The summed E-state index contributed by atoms with van der Waals surface area (Å²) < 4.78 is 23.9. The van der Waals surface area contributed by atoms with Gasteiger partial charge in [0.05, 0.1) is 16.5 Å². The number of carboxylic acid groups (broad SMARTS) is 1. The second kappa shape index (κ2) is 11.0. The Bertz CT molecular complexity index is 1190. The van der Waals surface area contributed by atoms with Crippen LogP contribution in [-0.4, -0.2) is 52.8 Å². The van der Waals surface area contributed by atoms with Gasteiger partial charge in [0.2, 0.25) is 5.91 Å². The van der Waals surface area contributed by atoms with Crippen molar-refractivity contribution in [2.75, 3.05) is 25.1 Å². The predicted molar refractivity (Wildman–Crippen MR) is 123 cm³/mol. The van der Waals surface area contributed by atoms with Gasteiger partial charge in [0.15, 0.2) is 18.1 Å².